The molecule has 0 aromatic rings. The smallest absolute Gasteiger partial charge is 0.307 e. The molecule has 0 saturated carbocycles. The number of hydrogen-bond donors (Lipinski definition) is 1. The third-order valence-corrected chi connectivity index (χ3v) is 1.76. The average molecular weight is 196 g/mol. The van der Waals surface area contributed by atoms with Crippen molar-refractivity contribution in [1.82, 2.24) is 0 Å². The predicted molar refractivity (Wildman–Crippen MR) is 50.5 cm³/mol. The summed E-state index contributed by atoms with van der Waals surface area (Å²) in [6, 6.07) is 0. The van der Waals surface area contributed by atoms with Gasteiger partial charge in [0.2, 0.25) is 0 Å². The molecule has 0 heterocycles. The molecule has 0 saturated heterocycles. The maximum absolute atomic E-state index is 10.7. The lowest BCUT2D eigenvalue weighted by atomic mass is 10.0. The number of allylic oxidation sites excluding steroid dienone is 2. The van der Waals surface area contributed by atoms with E-state index in [0.717, 1.165) is 6.26 Å². The zero-order valence-electron chi connectivity index (χ0n) is 8.06. The number of aliphatic hydroxyl groups is 1. The van der Waals surface area contributed by atoms with Crippen molar-refractivity contribution in [2.75, 3.05) is 7.11 Å². The van der Waals surface area contributed by atoms with Gasteiger partial charge in [-0.3, -0.25) is 4.79 Å². The number of esters is 1. The Morgan fingerprint density at radius 2 is 2.36 bits per heavy atom. The van der Waals surface area contributed by atoms with Crippen molar-refractivity contribution in [3.63, 3.8) is 0 Å². The summed E-state index contributed by atoms with van der Waals surface area (Å²) in [5.74, 6) is -0.0336. The average Bonchev–Trinajstić information content (AvgIpc) is 2.16. The van der Waals surface area contributed by atoms with E-state index >= 15 is 0 Å². The highest BCUT2D eigenvalue weighted by Gasteiger charge is 2.22. The SMILES string of the molecule is COC1C(=CO)C=CC=C1OC(C)=O. The van der Waals surface area contributed by atoms with Gasteiger partial charge in [0.25, 0.3) is 0 Å². The Labute approximate surface area is 82.1 Å². The molecule has 1 aliphatic carbocycles. The molecule has 1 unspecified atom stereocenters. The third-order valence-electron chi connectivity index (χ3n) is 1.76. The van der Waals surface area contributed by atoms with Crippen molar-refractivity contribution in [1.29, 1.82) is 0 Å². The van der Waals surface area contributed by atoms with Gasteiger partial charge >= 0.3 is 5.97 Å². The number of methoxy groups -OCH3 is 1. The Morgan fingerprint density at radius 3 is 2.86 bits per heavy atom. The second-order valence-corrected chi connectivity index (χ2v) is 2.77. The van der Waals surface area contributed by atoms with Gasteiger partial charge in [-0.2, -0.15) is 0 Å². The summed E-state index contributed by atoms with van der Waals surface area (Å²) < 4.78 is 10.0. The first kappa shape index (κ1) is 10.5. The monoisotopic (exact) mass is 196 g/mol. The third kappa shape index (κ3) is 2.23. The molecular weight excluding hydrogens is 184 g/mol. The quantitative estimate of drug-likeness (QED) is 0.536. The number of carbonyl (C=O) groups is 1. The number of carbonyl (C=O) groups excluding carboxylic acids is 1. The van der Waals surface area contributed by atoms with Crippen LogP contribution in [-0.2, 0) is 14.3 Å². The Kier molecular flexibility index (Phi) is 3.48. The van der Waals surface area contributed by atoms with Crippen molar-refractivity contribution in [3.8, 4) is 0 Å². The van der Waals surface area contributed by atoms with E-state index in [1.165, 1.54) is 14.0 Å². The largest absolute Gasteiger partial charge is 0.515 e. The Hall–Kier alpha value is -1.55. The number of hydrogen-bond acceptors (Lipinski definition) is 4. The van der Waals surface area contributed by atoms with Crippen LogP contribution in [0.3, 0.4) is 0 Å². The lowest BCUT2D eigenvalue weighted by Gasteiger charge is -2.20. The maximum atomic E-state index is 10.7. The van der Waals surface area contributed by atoms with Gasteiger partial charge in [-0.15, -0.1) is 0 Å². The minimum absolute atomic E-state index is 0.378. The standard InChI is InChI=1S/C10H12O4/c1-7(12)14-9-5-3-4-8(6-11)10(9)13-2/h3-6,10-11H,1-2H3. The van der Waals surface area contributed by atoms with E-state index in [2.05, 4.69) is 0 Å². The summed E-state index contributed by atoms with van der Waals surface area (Å²) >= 11 is 0. The summed E-state index contributed by atoms with van der Waals surface area (Å²) in [6.45, 7) is 1.31. The van der Waals surface area contributed by atoms with Gasteiger partial charge in [-0.25, -0.2) is 0 Å². The van der Waals surface area contributed by atoms with E-state index < -0.39 is 12.1 Å². The first-order chi connectivity index (χ1) is 6.69. The molecule has 1 rings (SSSR count). The summed E-state index contributed by atoms with van der Waals surface area (Å²) in [4.78, 5) is 10.7. The number of rotatable bonds is 2. The molecule has 0 fully saturated rings. The number of ether oxygens (including phenoxy) is 2. The van der Waals surface area contributed by atoms with Crippen molar-refractivity contribution in [3.05, 3.63) is 35.8 Å². The molecule has 0 spiro atoms. The van der Waals surface area contributed by atoms with Crippen molar-refractivity contribution in [2.24, 2.45) is 0 Å². The Bertz CT molecular complexity index is 312. The van der Waals surface area contributed by atoms with Gasteiger partial charge in [0.1, 0.15) is 11.9 Å². The van der Waals surface area contributed by atoms with Gasteiger partial charge in [-0.1, -0.05) is 12.2 Å². The van der Waals surface area contributed by atoms with Gasteiger partial charge in [-0.05, 0) is 6.08 Å². The second kappa shape index (κ2) is 4.62. The van der Waals surface area contributed by atoms with Crippen molar-refractivity contribution < 1.29 is 19.4 Å². The molecule has 0 radical (unpaired) electrons. The molecule has 0 bridgehead atoms. The van der Waals surface area contributed by atoms with E-state index in [1.807, 2.05) is 0 Å². The number of aliphatic hydroxyl groups excluding tert-OH is 1. The van der Waals surface area contributed by atoms with Gasteiger partial charge in [0, 0.05) is 19.6 Å². The van der Waals surface area contributed by atoms with Gasteiger partial charge in [0.05, 0.1) is 6.26 Å². The van der Waals surface area contributed by atoms with Crippen molar-refractivity contribution >= 4 is 5.97 Å². The summed E-state index contributed by atoms with van der Waals surface area (Å²) in [5.41, 5.74) is 0.547. The van der Waals surface area contributed by atoms with Crippen LogP contribution < -0.4 is 0 Å². The molecule has 4 heteroatoms. The second-order valence-electron chi connectivity index (χ2n) is 2.77. The Balaban J connectivity index is 2.87. The normalized spacial score (nSPS) is 23.4. The molecule has 14 heavy (non-hydrogen) atoms. The fraction of sp³-hybridized carbons (Fsp3) is 0.300. The molecule has 1 N–H and O–H groups in total. The molecular formula is C10H12O4. The van der Waals surface area contributed by atoms with E-state index in [-0.39, 0.29) is 0 Å². The highest BCUT2D eigenvalue weighted by Crippen LogP contribution is 2.22. The highest BCUT2D eigenvalue weighted by molar-refractivity contribution is 5.68. The molecule has 0 aromatic carbocycles. The fourth-order valence-electron chi connectivity index (χ4n) is 1.21. The molecule has 0 aliphatic heterocycles. The van der Waals surface area contributed by atoms with Crippen LogP contribution in [-0.4, -0.2) is 24.3 Å². The van der Waals surface area contributed by atoms with Crippen LogP contribution in [0.5, 0.6) is 0 Å². The topological polar surface area (TPSA) is 55.8 Å². The van der Waals surface area contributed by atoms with Crippen molar-refractivity contribution in [2.45, 2.75) is 13.0 Å². The highest BCUT2D eigenvalue weighted by atomic mass is 16.6. The van der Waals surface area contributed by atoms with Gasteiger partial charge in [0.15, 0.2) is 0 Å². The van der Waals surface area contributed by atoms with E-state index in [1.54, 1.807) is 18.2 Å². The van der Waals surface area contributed by atoms with Crippen LogP contribution in [0.25, 0.3) is 0 Å². The summed E-state index contributed by atoms with van der Waals surface area (Å²) in [5, 5.41) is 8.88. The minimum atomic E-state index is -0.520. The first-order valence-corrected chi connectivity index (χ1v) is 4.12. The Morgan fingerprint density at radius 1 is 1.64 bits per heavy atom. The van der Waals surface area contributed by atoms with Crippen LogP contribution in [0.2, 0.25) is 0 Å². The first-order valence-electron chi connectivity index (χ1n) is 4.12. The lowest BCUT2D eigenvalue weighted by Crippen LogP contribution is -2.21. The lowest BCUT2D eigenvalue weighted by molar-refractivity contribution is -0.138. The molecule has 0 amide bonds. The van der Waals surface area contributed by atoms with Gasteiger partial charge < -0.3 is 14.6 Å². The summed E-state index contributed by atoms with van der Waals surface area (Å²) in [7, 11) is 1.48. The molecule has 76 valence electrons. The zero-order chi connectivity index (χ0) is 10.6. The minimum Gasteiger partial charge on any atom is -0.515 e. The fourth-order valence-corrected chi connectivity index (χ4v) is 1.21. The predicted octanol–water partition coefficient (Wildman–Crippen LogP) is 1.46. The van der Waals surface area contributed by atoms with Crippen LogP contribution in [0.1, 0.15) is 6.92 Å². The van der Waals surface area contributed by atoms with Crippen LogP contribution >= 0.6 is 0 Å². The van der Waals surface area contributed by atoms with Crippen LogP contribution in [0, 0.1) is 0 Å². The van der Waals surface area contributed by atoms with Crippen LogP contribution in [0.15, 0.2) is 35.8 Å². The molecule has 4 nitrogen and oxygen atoms in total. The molecule has 1 aliphatic rings. The molecule has 1 atom stereocenters. The zero-order valence-corrected chi connectivity index (χ0v) is 8.06. The maximum Gasteiger partial charge on any atom is 0.307 e. The van der Waals surface area contributed by atoms with E-state index in [4.69, 9.17) is 14.6 Å². The van der Waals surface area contributed by atoms with E-state index in [0.29, 0.717) is 11.3 Å². The van der Waals surface area contributed by atoms with Crippen LogP contribution in [0.4, 0.5) is 0 Å². The summed E-state index contributed by atoms with van der Waals surface area (Å²) in [6.07, 6.45) is 5.40. The molecule has 0 aromatic heterocycles. The van der Waals surface area contributed by atoms with E-state index in [9.17, 15) is 4.79 Å².